The Morgan fingerprint density at radius 1 is 1.24 bits per heavy atom. The summed E-state index contributed by atoms with van der Waals surface area (Å²) in [6.45, 7) is 7.12. The fourth-order valence-electron chi connectivity index (χ4n) is 3.05. The molecule has 0 aliphatic carbocycles. The summed E-state index contributed by atoms with van der Waals surface area (Å²) in [4.78, 5) is 18.9. The van der Waals surface area contributed by atoms with Gasteiger partial charge in [-0.05, 0) is 36.5 Å². The number of halogens is 1. The minimum atomic E-state index is 0.229. The second-order valence-electron chi connectivity index (χ2n) is 6.81. The van der Waals surface area contributed by atoms with Crippen LogP contribution in [0.4, 0.5) is 0 Å². The largest absolute Gasteiger partial charge is 0.342 e. The van der Waals surface area contributed by atoms with E-state index in [0.717, 1.165) is 53.4 Å². The number of hydrogen-bond acceptors (Lipinski definition) is 3. The van der Waals surface area contributed by atoms with Gasteiger partial charge in [-0.2, -0.15) is 0 Å². The first kappa shape index (κ1) is 18.5. The first-order chi connectivity index (χ1) is 12.0. The lowest BCUT2D eigenvalue weighted by atomic mass is 10.1. The maximum atomic E-state index is 12.3. The molecule has 1 amide bonds. The summed E-state index contributed by atoms with van der Waals surface area (Å²) in [5.41, 5.74) is 2.26. The molecule has 0 atom stereocenters. The monoisotopic (exact) mass is 421 g/mol. The van der Waals surface area contributed by atoms with E-state index in [1.807, 2.05) is 23.2 Å². The minimum absolute atomic E-state index is 0.229. The van der Waals surface area contributed by atoms with Crippen LogP contribution in [0.5, 0.6) is 0 Å². The van der Waals surface area contributed by atoms with Gasteiger partial charge in [0.25, 0.3) is 0 Å². The van der Waals surface area contributed by atoms with Crippen LogP contribution in [0.1, 0.15) is 26.7 Å². The maximum Gasteiger partial charge on any atom is 0.233 e. The topological polar surface area (TPSA) is 38.1 Å². The Morgan fingerprint density at radius 3 is 2.56 bits per heavy atom. The second-order valence-corrected chi connectivity index (χ2v) is 8.67. The molecule has 1 aliphatic rings. The van der Waals surface area contributed by atoms with Crippen LogP contribution in [0, 0.1) is 5.92 Å². The van der Waals surface area contributed by atoms with Crippen LogP contribution in [0.2, 0.25) is 0 Å². The van der Waals surface area contributed by atoms with E-state index in [4.69, 9.17) is 0 Å². The SMILES string of the molecule is CC(C)Cn1c(-c2ccc(Br)cc2)cnc1SCC(=O)N1CCCC1. The fourth-order valence-corrected chi connectivity index (χ4v) is 4.21. The molecule has 4 nitrogen and oxygen atoms in total. The third-order valence-corrected chi connectivity index (χ3v) is 5.79. The van der Waals surface area contributed by atoms with E-state index >= 15 is 0 Å². The number of likely N-dealkylation sites (tertiary alicyclic amines) is 1. The normalized spacial score (nSPS) is 14.5. The third-order valence-electron chi connectivity index (χ3n) is 4.29. The highest BCUT2D eigenvalue weighted by Gasteiger charge is 2.20. The molecule has 0 bridgehead atoms. The van der Waals surface area contributed by atoms with E-state index in [1.165, 1.54) is 0 Å². The molecule has 0 saturated carbocycles. The zero-order valence-electron chi connectivity index (χ0n) is 14.7. The summed E-state index contributed by atoms with van der Waals surface area (Å²) < 4.78 is 3.31. The van der Waals surface area contributed by atoms with Gasteiger partial charge in [0.05, 0.1) is 17.6 Å². The van der Waals surface area contributed by atoms with Gasteiger partial charge in [-0.1, -0.05) is 53.7 Å². The van der Waals surface area contributed by atoms with Crippen molar-refractivity contribution in [2.24, 2.45) is 5.92 Å². The molecule has 0 radical (unpaired) electrons. The lowest BCUT2D eigenvalue weighted by molar-refractivity contribution is -0.127. The fraction of sp³-hybridized carbons (Fsp3) is 0.474. The summed E-state index contributed by atoms with van der Waals surface area (Å²) in [5.74, 6) is 1.21. The van der Waals surface area contributed by atoms with E-state index in [2.05, 4.69) is 51.5 Å². The van der Waals surface area contributed by atoms with Crippen molar-refractivity contribution in [2.45, 2.75) is 38.4 Å². The van der Waals surface area contributed by atoms with Crippen LogP contribution in [0.3, 0.4) is 0 Å². The molecule has 0 spiro atoms. The molecule has 1 fully saturated rings. The first-order valence-electron chi connectivity index (χ1n) is 8.76. The van der Waals surface area contributed by atoms with Crippen molar-refractivity contribution >= 4 is 33.6 Å². The van der Waals surface area contributed by atoms with Crippen molar-refractivity contribution < 1.29 is 4.79 Å². The highest BCUT2D eigenvalue weighted by atomic mass is 79.9. The van der Waals surface area contributed by atoms with Crippen LogP contribution >= 0.6 is 27.7 Å². The molecule has 6 heteroatoms. The Bertz CT molecular complexity index is 721. The molecule has 2 heterocycles. The number of nitrogens with zero attached hydrogens (tertiary/aromatic N) is 3. The summed E-state index contributed by atoms with van der Waals surface area (Å²) in [5, 5.41) is 0.930. The van der Waals surface area contributed by atoms with E-state index in [9.17, 15) is 4.79 Å². The highest BCUT2D eigenvalue weighted by Crippen LogP contribution is 2.28. The van der Waals surface area contributed by atoms with Gasteiger partial charge in [-0.3, -0.25) is 4.79 Å². The average Bonchev–Trinajstić information content (AvgIpc) is 3.23. The second kappa shape index (κ2) is 8.41. The van der Waals surface area contributed by atoms with E-state index in [-0.39, 0.29) is 5.91 Å². The summed E-state index contributed by atoms with van der Waals surface area (Å²) >= 11 is 5.04. The molecule has 1 aromatic carbocycles. The van der Waals surface area contributed by atoms with Gasteiger partial charge >= 0.3 is 0 Å². The van der Waals surface area contributed by atoms with Gasteiger partial charge in [0.15, 0.2) is 5.16 Å². The van der Waals surface area contributed by atoms with Crippen LogP contribution < -0.4 is 0 Å². The number of hydrogen-bond donors (Lipinski definition) is 0. The molecule has 1 saturated heterocycles. The van der Waals surface area contributed by atoms with E-state index in [0.29, 0.717) is 11.7 Å². The number of thioether (sulfide) groups is 1. The molecule has 3 rings (SSSR count). The van der Waals surface area contributed by atoms with Gasteiger partial charge in [-0.25, -0.2) is 4.98 Å². The number of carbonyl (C=O) groups excluding carboxylic acids is 1. The molecule has 2 aromatic rings. The Balaban J connectivity index is 1.78. The zero-order valence-corrected chi connectivity index (χ0v) is 17.1. The molecular weight excluding hydrogens is 398 g/mol. The van der Waals surface area contributed by atoms with E-state index < -0.39 is 0 Å². The first-order valence-corrected chi connectivity index (χ1v) is 10.5. The molecule has 0 unspecified atom stereocenters. The van der Waals surface area contributed by atoms with Crippen molar-refractivity contribution in [3.63, 3.8) is 0 Å². The predicted molar refractivity (Wildman–Crippen MR) is 107 cm³/mol. The third kappa shape index (κ3) is 4.67. The molecular formula is C19H24BrN3OS. The number of amides is 1. The Morgan fingerprint density at radius 2 is 1.92 bits per heavy atom. The van der Waals surface area contributed by atoms with E-state index in [1.54, 1.807) is 11.8 Å². The average molecular weight is 422 g/mol. The quantitative estimate of drug-likeness (QED) is 0.635. The molecule has 25 heavy (non-hydrogen) atoms. The van der Waals surface area contributed by atoms with Crippen LogP contribution in [-0.4, -0.2) is 39.2 Å². The van der Waals surface area contributed by atoms with Crippen molar-refractivity contribution in [2.75, 3.05) is 18.8 Å². The molecule has 0 N–H and O–H groups in total. The van der Waals surface area contributed by atoms with Gasteiger partial charge in [0.1, 0.15) is 0 Å². The van der Waals surface area contributed by atoms with Crippen molar-refractivity contribution in [3.05, 3.63) is 34.9 Å². The van der Waals surface area contributed by atoms with Crippen LogP contribution in [0.25, 0.3) is 11.3 Å². The summed E-state index contributed by atoms with van der Waals surface area (Å²) in [7, 11) is 0. The number of carbonyl (C=O) groups is 1. The summed E-state index contributed by atoms with van der Waals surface area (Å²) in [6, 6.07) is 8.29. The molecule has 1 aliphatic heterocycles. The molecule has 1 aromatic heterocycles. The van der Waals surface area contributed by atoms with Crippen molar-refractivity contribution in [1.82, 2.24) is 14.5 Å². The standard InChI is InChI=1S/C19H24BrN3OS/c1-14(2)12-23-17(15-5-7-16(20)8-6-15)11-21-19(23)25-13-18(24)22-9-3-4-10-22/h5-8,11,14H,3-4,9-10,12-13H2,1-2H3. The number of benzene rings is 1. The van der Waals surface area contributed by atoms with Crippen LogP contribution in [-0.2, 0) is 11.3 Å². The van der Waals surface area contributed by atoms with Crippen molar-refractivity contribution in [1.29, 1.82) is 0 Å². The highest BCUT2D eigenvalue weighted by molar-refractivity contribution is 9.10. The number of rotatable bonds is 6. The predicted octanol–water partition coefficient (Wildman–Crippen LogP) is 4.68. The smallest absolute Gasteiger partial charge is 0.233 e. The van der Waals surface area contributed by atoms with Crippen LogP contribution in [0.15, 0.2) is 40.1 Å². The van der Waals surface area contributed by atoms with Gasteiger partial charge < -0.3 is 9.47 Å². The Labute approximate surface area is 162 Å². The molecule has 134 valence electrons. The Kier molecular flexibility index (Phi) is 6.23. The lowest BCUT2D eigenvalue weighted by Crippen LogP contribution is -2.29. The van der Waals surface area contributed by atoms with Gasteiger partial charge in [-0.15, -0.1) is 0 Å². The zero-order chi connectivity index (χ0) is 17.8. The van der Waals surface area contributed by atoms with Crippen molar-refractivity contribution in [3.8, 4) is 11.3 Å². The van der Waals surface area contributed by atoms with Gasteiger partial charge in [0.2, 0.25) is 5.91 Å². The number of imidazole rings is 1. The maximum absolute atomic E-state index is 12.3. The minimum Gasteiger partial charge on any atom is -0.342 e. The lowest BCUT2D eigenvalue weighted by Gasteiger charge is -2.16. The number of aromatic nitrogens is 2. The summed E-state index contributed by atoms with van der Waals surface area (Å²) in [6.07, 6.45) is 4.19. The van der Waals surface area contributed by atoms with Gasteiger partial charge in [0, 0.05) is 24.1 Å². The Hall–Kier alpha value is -1.27.